The molecule has 0 spiro atoms. The molecule has 3 rings (SSSR count). The Morgan fingerprint density at radius 2 is 2.25 bits per heavy atom. The Kier molecular flexibility index (Phi) is 1.69. The molecule has 0 aromatic heterocycles. The van der Waals surface area contributed by atoms with E-state index in [0.717, 1.165) is 13.2 Å². The number of nitrogens with zero attached hydrogens (tertiary/aromatic N) is 1. The molecule has 0 bridgehead atoms. The zero-order valence-corrected chi connectivity index (χ0v) is 13.4. The Bertz CT molecular complexity index is 1180. The number of piperidine rings is 1. The molecule has 0 aliphatic carbocycles. The molecule has 2 aliphatic rings. The van der Waals surface area contributed by atoms with Crippen molar-refractivity contribution in [1.82, 2.24) is 4.90 Å². The van der Waals surface area contributed by atoms with Crippen molar-refractivity contribution in [3.8, 4) is 11.5 Å². The number of hydrogen-bond donors (Lipinski definition) is 1. The molecule has 1 saturated heterocycles. The SMILES string of the molecule is [2H]C([2H])([2H])Oc1cc2c(cc1OC)C1N(CC2)C([2H])([2H])C([2H])(C([2H])([2H])C(C)(C([2H])([2H])[2H])C([2H])([2H])[2H])C([2H])(O)C1([2H])[2H]. The second kappa shape index (κ2) is 6.57. The minimum absolute atomic E-state index is 0.0949. The number of ether oxygens (including phenoxy) is 2. The number of aliphatic hydroxyl groups is 1. The van der Waals surface area contributed by atoms with Gasteiger partial charge in [0.25, 0.3) is 0 Å². The normalized spacial score (nSPS) is 50.3. The van der Waals surface area contributed by atoms with E-state index in [1.165, 1.54) is 6.07 Å². The predicted octanol–water partition coefficient (Wildman–Crippen LogP) is 3.42. The van der Waals surface area contributed by atoms with E-state index in [0.29, 0.717) is 11.8 Å². The number of methoxy groups -OCH3 is 2. The number of fused-ring (bicyclic) bond motifs is 3. The van der Waals surface area contributed by atoms with Crippen LogP contribution in [0.2, 0.25) is 0 Å². The van der Waals surface area contributed by atoms with Crippen LogP contribution in [0, 0.1) is 11.3 Å². The minimum Gasteiger partial charge on any atom is -0.493 e. The van der Waals surface area contributed by atoms with E-state index in [9.17, 15) is 5.11 Å². The summed E-state index contributed by atoms with van der Waals surface area (Å²) >= 11 is 0. The van der Waals surface area contributed by atoms with Gasteiger partial charge in [0.1, 0.15) is 0 Å². The lowest BCUT2D eigenvalue weighted by Gasteiger charge is -2.47. The first kappa shape index (κ1) is 6.17. The fourth-order valence-corrected chi connectivity index (χ4v) is 2.88. The monoisotopic (exact) mass is 350 g/mol. The van der Waals surface area contributed by atoms with E-state index >= 15 is 0 Å². The second-order valence-corrected chi connectivity index (χ2v) is 5.88. The van der Waals surface area contributed by atoms with Crippen LogP contribution in [0.5, 0.6) is 11.5 Å². The fraction of sp³-hybridized carbons (Fsp3) is 0.700. The average molecular weight is 351 g/mol. The molecular formula is C20H31NO3. The Hall–Kier alpha value is -1.26. The molecule has 3 unspecified atom stereocenters. The van der Waals surface area contributed by atoms with Gasteiger partial charge in [0.2, 0.25) is 0 Å². The van der Waals surface area contributed by atoms with Gasteiger partial charge in [-0.05, 0) is 53.7 Å². The van der Waals surface area contributed by atoms with Crippen LogP contribution in [0.4, 0.5) is 0 Å². The molecule has 0 radical (unpaired) electrons. The van der Waals surface area contributed by atoms with Crippen LogP contribution in [0.3, 0.4) is 0 Å². The Balaban J connectivity index is 2.36. The summed E-state index contributed by atoms with van der Waals surface area (Å²) < 4.78 is 150. The van der Waals surface area contributed by atoms with Crippen LogP contribution in [0.15, 0.2) is 12.1 Å². The second-order valence-electron chi connectivity index (χ2n) is 5.88. The predicted molar refractivity (Wildman–Crippen MR) is 95.7 cm³/mol. The summed E-state index contributed by atoms with van der Waals surface area (Å²) in [5, 5.41) is 11.5. The lowest BCUT2D eigenvalue weighted by Crippen LogP contribution is -2.48. The summed E-state index contributed by atoms with van der Waals surface area (Å²) in [4.78, 5) is 0.659. The summed E-state index contributed by atoms with van der Waals surface area (Å²) in [6, 6.07) is 0.424. The molecule has 1 aromatic carbocycles. The van der Waals surface area contributed by atoms with Gasteiger partial charge in [-0.3, -0.25) is 4.90 Å². The summed E-state index contributed by atoms with van der Waals surface area (Å²) in [6.45, 7) is -11.0. The Morgan fingerprint density at radius 1 is 1.46 bits per heavy atom. The van der Waals surface area contributed by atoms with Crippen LogP contribution >= 0.6 is 0 Å². The summed E-state index contributed by atoms with van der Waals surface area (Å²) in [5.41, 5.74) is -3.43. The fourth-order valence-electron chi connectivity index (χ4n) is 2.88. The molecule has 0 amide bonds. The molecule has 4 nitrogen and oxygen atoms in total. The van der Waals surface area contributed by atoms with Crippen molar-refractivity contribution in [2.24, 2.45) is 11.3 Å². The zero-order chi connectivity index (χ0) is 32.2. The van der Waals surface area contributed by atoms with E-state index < -0.39 is 70.0 Å². The van der Waals surface area contributed by atoms with Crippen molar-refractivity contribution >= 4 is 0 Å². The van der Waals surface area contributed by atoms with Crippen LogP contribution in [0.1, 0.15) is 73.8 Å². The summed E-state index contributed by atoms with van der Waals surface area (Å²) in [6.07, 6.45) is -11.8. The Morgan fingerprint density at radius 3 is 2.96 bits per heavy atom. The highest BCUT2D eigenvalue weighted by atomic mass is 16.5. The van der Waals surface area contributed by atoms with Crippen molar-refractivity contribution in [3.05, 3.63) is 23.3 Å². The smallest absolute Gasteiger partial charge is 0.161 e. The van der Waals surface area contributed by atoms with Crippen molar-refractivity contribution in [2.75, 3.05) is 27.2 Å². The molecule has 1 N–H and O–H groups in total. The summed E-state index contributed by atoms with van der Waals surface area (Å²) in [5.74, 6) is -4.55. The van der Waals surface area contributed by atoms with Crippen molar-refractivity contribution in [2.45, 2.75) is 51.9 Å². The average Bonchev–Trinajstić information content (AvgIpc) is 2.77. The van der Waals surface area contributed by atoms with Crippen molar-refractivity contribution < 1.29 is 37.9 Å². The maximum atomic E-state index is 11.5. The molecule has 2 aliphatic heterocycles. The van der Waals surface area contributed by atoms with Gasteiger partial charge in [0.15, 0.2) is 11.5 Å². The van der Waals surface area contributed by atoms with E-state index in [2.05, 4.69) is 0 Å². The van der Waals surface area contributed by atoms with Gasteiger partial charge in [0.05, 0.1) is 25.7 Å². The first-order valence-corrected chi connectivity index (χ1v) is 7.38. The quantitative estimate of drug-likeness (QED) is 0.907. The van der Waals surface area contributed by atoms with Gasteiger partial charge in [-0.2, -0.15) is 0 Å². The van der Waals surface area contributed by atoms with Crippen molar-refractivity contribution in [3.63, 3.8) is 0 Å². The maximum Gasteiger partial charge on any atom is 0.161 e. The van der Waals surface area contributed by atoms with Gasteiger partial charge in [-0.25, -0.2) is 0 Å². The highest BCUT2D eigenvalue weighted by Gasteiger charge is 2.39. The van der Waals surface area contributed by atoms with Gasteiger partial charge in [0, 0.05) is 36.9 Å². The first-order chi connectivity index (χ1) is 18.0. The number of rotatable bonds is 3. The summed E-state index contributed by atoms with van der Waals surface area (Å²) in [7, 11) is -1.74. The highest BCUT2D eigenvalue weighted by molar-refractivity contribution is 5.49. The van der Waals surface area contributed by atoms with E-state index in [-0.39, 0.29) is 29.0 Å². The number of hydrogen-bond acceptors (Lipinski definition) is 4. The molecule has 4 heteroatoms. The van der Waals surface area contributed by atoms with Gasteiger partial charge < -0.3 is 14.6 Å². The van der Waals surface area contributed by atoms with E-state index in [4.69, 9.17) is 32.8 Å². The third-order valence-corrected chi connectivity index (χ3v) is 3.90. The van der Waals surface area contributed by atoms with E-state index in [1.807, 2.05) is 0 Å². The standard InChI is InChI=1S/C20H31NO3/c1-20(2,3)11-14-12-21-7-6-13-8-18(23-4)19(24-5)9-15(13)16(21)10-17(14)22/h8-9,14,16-17,22H,6-7,10-12H2,1-5H3/i1D3,2D3,4D3,10D2,11D2,12D2,14D,17D. The van der Waals surface area contributed by atoms with Gasteiger partial charge >= 0.3 is 0 Å². The van der Waals surface area contributed by atoms with E-state index in [1.54, 1.807) is 0 Å². The van der Waals surface area contributed by atoms with Gasteiger partial charge in [-0.1, -0.05) is 20.6 Å². The largest absolute Gasteiger partial charge is 0.493 e. The van der Waals surface area contributed by atoms with Crippen LogP contribution in [-0.4, -0.2) is 43.3 Å². The molecule has 3 atom stereocenters. The van der Waals surface area contributed by atoms with Crippen LogP contribution in [0.25, 0.3) is 0 Å². The molecule has 2 heterocycles. The van der Waals surface area contributed by atoms with Gasteiger partial charge in [-0.15, -0.1) is 0 Å². The lowest BCUT2D eigenvalue weighted by molar-refractivity contribution is -0.0259. The Labute approximate surface area is 169 Å². The molecule has 134 valence electrons. The van der Waals surface area contributed by atoms with Crippen LogP contribution < -0.4 is 9.47 Å². The van der Waals surface area contributed by atoms with Crippen molar-refractivity contribution in [1.29, 1.82) is 0 Å². The highest BCUT2D eigenvalue weighted by Crippen LogP contribution is 2.44. The molecular weight excluding hydrogens is 302 g/mol. The lowest BCUT2D eigenvalue weighted by atomic mass is 9.75. The van der Waals surface area contributed by atoms with Crippen LogP contribution in [-0.2, 0) is 6.42 Å². The molecule has 24 heavy (non-hydrogen) atoms. The maximum absolute atomic E-state index is 11.5. The topological polar surface area (TPSA) is 41.9 Å². The first-order valence-electron chi connectivity index (χ1n) is 15.9. The molecule has 1 fully saturated rings. The third kappa shape index (κ3) is 3.40. The minimum atomic E-state index is -4.11. The zero-order valence-electron chi connectivity index (χ0n) is 30.4. The third-order valence-electron chi connectivity index (χ3n) is 3.90. The molecule has 0 saturated carbocycles. The number of benzene rings is 1. The molecule has 1 aromatic rings.